The number of methoxy groups -OCH3 is 1. The van der Waals surface area contributed by atoms with Gasteiger partial charge in [0.2, 0.25) is 0 Å². The number of ether oxygens (including phenoxy) is 2. The Hall–Kier alpha value is -3.03. The molecule has 0 saturated carbocycles. The highest BCUT2D eigenvalue weighted by molar-refractivity contribution is 8.26. The Kier molecular flexibility index (Phi) is 6.21. The first-order valence-corrected chi connectivity index (χ1v) is 10.5. The molecular formula is C23H19NO4S2. The molecule has 0 radical (unpaired) electrons. The number of thiocarbonyl (C=S) groups is 1. The van der Waals surface area contributed by atoms with Crippen LogP contribution in [0.4, 0.5) is 0 Å². The smallest absolute Gasteiger partial charge is 0.266 e. The summed E-state index contributed by atoms with van der Waals surface area (Å²) >= 11 is 6.68. The van der Waals surface area contributed by atoms with E-state index in [0.29, 0.717) is 39.6 Å². The lowest BCUT2D eigenvalue weighted by Gasteiger charge is -2.12. The lowest BCUT2D eigenvalue weighted by molar-refractivity contribution is -0.122. The van der Waals surface area contributed by atoms with Crippen LogP contribution < -0.4 is 9.47 Å². The molecule has 1 aliphatic heterocycles. The SMILES string of the molecule is COc1ccc(OCc2ccccc2)c(/C=C2/SC(=S)N(Cc3ccco3)C2=O)c1. The summed E-state index contributed by atoms with van der Waals surface area (Å²) in [5.74, 6) is 1.87. The largest absolute Gasteiger partial charge is 0.497 e. The predicted octanol–water partition coefficient (Wildman–Crippen LogP) is 5.27. The molecule has 7 heteroatoms. The number of carbonyl (C=O) groups is 1. The molecule has 152 valence electrons. The third-order valence-electron chi connectivity index (χ3n) is 4.51. The summed E-state index contributed by atoms with van der Waals surface area (Å²) in [6.45, 7) is 0.734. The van der Waals surface area contributed by atoms with Crippen molar-refractivity contribution in [1.82, 2.24) is 4.90 Å². The second kappa shape index (κ2) is 9.19. The maximum Gasteiger partial charge on any atom is 0.266 e. The van der Waals surface area contributed by atoms with Crippen molar-refractivity contribution in [2.75, 3.05) is 7.11 Å². The maximum absolute atomic E-state index is 12.9. The van der Waals surface area contributed by atoms with Crippen molar-refractivity contribution in [2.24, 2.45) is 0 Å². The summed E-state index contributed by atoms with van der Waals surface area (Å²) in [6.07, 6.45) is 3.37. The normalized spacial score (nSPS) is 15.1. The Labute approximate surface area is 184 Å². The van der Waals surface area contributed by atoms with E-state index in [4.69, 9.17) is 26.1 Å². The molecule has 0 atom stereocenters. The fraction of sp³-hybridized carbons (Fsp3) is 0.130. The molecule has 0 bridgehead atoms. The number of furan rings is 1. The first kappa shape index (κ1) is 20.3. The summed E-state index contributed by atoms with van der Waals surface area (Å²) in [5.41, 5.74) is 1.81. The van der Waals surface area contributed by atoms with Gasteiger partial charge < -0.3 is 13.9 Å². The van der Waals surface area contributed by atoms with Crippen LogP contribution in [0.3, 0.4) is 0 Å². The highest BCUT2D eigenvalue weighted by Gasteiger charge is 2.32. The van der Waals surface area contributed by atoms with Crippen LogP contribution in [0, 0.1) is 0 Å². The third-order valence-corrected chi connectivity index (χ3v) is 5.89. The molecule has 1 saturated heterocycles. The zero-order chi connectivity index (χ0) is 20.9. The van der Waals surface area contributed by atoms with Gasteiger partial charge in [-0.25, -0.2) is 0 Å². The van der Waals surface area contributed by atoms with Crippen molar-refractivity contribution >= 4 is 40.3 Å². The number of hydrogen-bond acceptors (Lipinski definition) is 6. The number of benzene rings is 2. The summed E-state index contributed by atoms with van der Waals surface area (Å²) in [7, 11) is 1.60. The highest BCUT2D eigenvalue weighted by atomic mass is 32.2. The maximum atomic E-state index is 12.9. The fourth-order valence-corrected chi connectivity index (χ4v) is 4.21. The van der Waals surface area contributed by atoms with Gasteiger partial charge in [-0.15, -0.1) is 0 Å². The molecule has 0 aliphatic carbocycles. The molecule has 1 amide bonds. The minimum absolute atomic E-state index is 0.154. The Morgan fingerprint density at radius 2 is 1.97 bits per heavy atom. The minimum atomic E-state index is -0.154. The highest BCUT2D eigenvalue weighted by Crippen LogP contribution is 2.36. The minimum Gasteiger partial charge on any atom is -0.497 e. The summed E-state index contributed by atoms with van der Waals surface area (Å²) in [5, 5.41) is 0. The first-order valence-electron chi connectivity index (χ1n) is 9.26. The summed E-state index contributed by atoms with van der Waals surface area (Å²) in [4.78, 5) is 15.0. The monoisotopic (exact) mass is 437 g/mol. The lowest BCUT2D eigenvalue weighted by Crippen LogP contribution is -2.27. The zero-order valence-corrected chi connectivity index (χ0v) is 17.9. The van der Waals surface area contributed by atoms with Gasteiger partial charge in [0.25, 0.3) is 5.91 Å². The molecule has 1 aliphatic rings. The average molecular weight is 438 g/mol. The number of rotatable bonds is 7. The molecule has 1 aromatic heterocycles. The van der Waals surface area contributed by atoms with Gasteiger partial charge in [-0.3, -0.25) is 9.69 Å². The Morgan fingerprint density at radius 3 is 2.70 bits per heavy atom. The fourth-order valence-electron chi connectivity index (χ4n) is 2.97. The van der Waals surface area contributed by atoms with E-state index in [-0.39, 0.29) is 5.91 Å². The van der Waals surface area contributed by atoms with E-state index in [1.807, 2.05) is 54.6 Å². The van der Waals surface area contributed by atoms with E-state index in [2.05, 4.69) is 0 Å². The molecule has 1 fully saturated rings. The number of hydrogen-bond donors (Lipinski definition) is 0. The molecule has 4 rings (SSSR count). The van der Waals surface area contributed by atoms with Crippen molar-refractivity contribution in [2.45, 2.75) is 13.2 Å². The quantitative estimate of drug-likeness (QED) is 0.371. The molecule has 2 heterocycles. The molecule has 2 aromatic carbocycles. The van der Waals surface area contributed by atoms with Gasteiger partial charge in [0.15, 0.2) is 0 Å². The topological polar surface area (TPSA) is 51.9 Å². The van der Waals surface area contributed by atoms with Crippen LogP contribution in [0.2, 0.25) is 0 Å². The Bertz CT molecular complexity index is 1080. The molecule has 0 N–H and O–H groups in total. The molecule has 0 unspecified atom stereocenters. The molecule has 30 heavy (non-hydrogen) atoms. The molecule has 3 aromatic rings. The molecular weight excluding hydrogens is 418 g/mol. The first-order chi connectivity index (χ1) is 14.6. The standard InChI is InChI=1S/C23H19NO4S2/c1-26-18-9-10-20(28-15-16-6-3-2-4-7-16)17(12-18)13-21-22(25)24(23(29)30-21)14-19-8-5-11-27-19/h2-13H,14-15H2,1H3/b21-13+. The summed E-state index contributed by atoms with van der Waals surface area (Å²) in [6, 6.07) is 19.0. The van der Waals surface area contributed by atoms with Crippen LogP contribution in [0.25, 0.3) is 6.08 Å². The Morgan fingerprint density at radius 1 is 1.13 bits per heavy atom. The number of carbonyl (C=O) groups excluding carboxylic acids is 1. The van der Waals surface area contributed by atoms with Crippen molar-refractivity contribution in [3.63, 3.8) is 0 Å². The predicted molar refractivity (Wildman–Crippen MR) is 121 cm³/mol. The van der Waals surface area contributed by atoms with Crippen LogP contribution in [0.1, 0.15) is 16.9 Å². The lowest BCUT2D eigenvalue weighted by atomic mass is 10.1. The van der Waals surface area contributed by atoms with Crippen molar-refractivity contribution in [3.8, 4) is 11.5 Å². The van der Waals surface area contributed by atoms with E-state index in [0.717, 1.165) is 11.1 Å². The van der Waals surface area contributed by atoms with Crippen molar-refractivity contribution in [1.29, 1.82) is 0 Å². The third kappa shape index (κ3) is 4.58. The Balaban J connectivity index is 1.58. The second-order valence-electron chi connectivity index (χ2n) is 6.53. The van der Waals surface area contributed by atoms with Gasteiger partial charge >= 0.3 is 0 Å². The number of nitrogens with zero attached hydrogens (tertiary/aromatic N) is 1. The zero-order valence-electron chi connectivity index (χ0n) is 16.2. The van der Waals surface area contributed by atoms with Gasteiger partial charge in [-0.1, -0.05) is 54.3 Å². The van der Waals surface area contributed by atoms with Crippen LogP contribution in [0.15, 0.2) is 76.2 Å². The van der Waals surface area contributed by atoms with Gasteiger partial charge in [0.1, 0.15) is 28.2 Å². The second-order valence-corrected chi connectivity index (χ2v) is 8.20. The van der Waals surface area contributed by atoms with E-state index < -0.39 is 0 Å². The average Bonchev–Trinajstić information content (AvgIpc) is 3.38. The number of amides is 1. The van der Waals surface area contributed by atoms with Crippen LogP contribution in [-0.4, -0.2) is 22.2 Å². The molecule has 5 nitrogen and oxygen atoms in total. The summed E-state index contributed by atoms with van der Waals surface area (Å²) < 4.78 is 17.2. The van der Waals surface area contributed by atoms with E-state index >= 15 is 0 Å². The number of thioether (sulfide) groups is 1. The van der Waals surface area contributed by atoms with Gasteiger partial charge in [0, 0.05) is 5.56 Å². The van der Waals surface area contributed by atoms with Crippen LogP contribution >= 0.6 is 24.0 Å². The van der Waals surface area contributed by atoms with Crippen LogP contribution in [0.5, 0.6) is 11.5 Å². The van der Waals surface area contributed by atoms with E-state index in [9.17, 15) is 4.79 Å². The van der Waals surface area contributed by atoms with Crippen LogP contribution in [-0.2, 0) is 17.9 Å². The van der Waals surface area contributed by atoms with Gasteiger partial charge in [-0.2, -0.15) is 0 Å². The van der Waals surface area contributed by atoms with Crippen molar-refractivity contribution in [3.05, 3.63) is 88.7 Å². The van der Waals surface area contributed by atoms with E-state index in [1.54, 1.807) is 25.5 Å². The molecule has 0 spiro atoms. The van der Waals surface area contributed by atoms with Gasteiger partial charge in [-0.05, 0) is 42.0 Å². The van der Waals surface area contributed by atoms with Gasteiger partial charge in [0.05, 0.1) is 24.8 Å². The van der Waals surface area contributed by atoms with Crippen molar-refractivity contribution < 1.29 is 18.7 Å². The van der Waals surface area contributed by atoms with E-state index in [1.165, 1.54) is 16.7 Å².